The first kappa shape index (κ1) is 23.5. The van der Waals surface area contributed by atoms with E-state index < -0.39 is 40.0 Å². The first-order valence-corrected chi connectivity index (χ1v) is 13.9. The average molecular weight is 515 g/mol. The molecule has 0 amide bonds. The molecular weight excluding hydrogens is 487 g/mol. The fourth-order valence-electron chi connectivity index (χ4n) is 5.09. The zero-order valence-corrected chi connectivity index (χ0v) is 20.5. The smallest absolute Gasteiger partial charge is 0.151 e. The van der Waals surface area contributed by atoms with Gasteiger partial charge in [0.2, 0.25) is 0 Å². The second-order valence-corrected chi connectivity index (χ2v) is 12.0. The lowest BCUT2D eigenvalue weighted by molar-refractivity contribution is 0.00871. The van der Waals surface area contributed by atoms with Crippen LogP contribution < -0.4 is 10.1 Å². The number of nitrogens with one attached hydrogen (secondary N) is 1. The Hall–Kier alpha value is -2.86. The molecule has 0 unspecified atom stereocenters. The Morgan fingerprint density at radius 3 is 2.78 bits per heavy atom. The van der Waals surface area contributed by atoms with Gasteiger partial charge < -0.3 is 24.6 Å². The van der Waals surface area contributed by atoms with E-state index in [1.54, 1.807) is 6.07 Å². The molecular formula is C25H27FN4O5S. The van der Waals surface area contributed by atoms with Crippen LogP contribution in [0.4, 0.5) is 21.6 Å². The van der Waals surface area contributed by atoms with Gasteiger partial charge in [-0.3, -0.25) is 0 Å². The van der Waals surface area contributed by atoms with E-state index in [2.05, 4.69) is 19.6 Å². The van der Waals surface area contributed by atoms with Gasteiger partial charge in [0.05, 0.1) is 39.8 Å². The van der Waals surface area contributed by atoms with Crippen molar-refractivity contribution in [3.8, 4) is 5.75 Å². The highest BCUT2D eigenvalue weighted by Gasteiger charge is 2.48. The number of aliphatic hydroxyl groups excluding tert-OH is 1. The number of aromatic nitrogens is 2. The topological polar surface area (TPSA) is 115 Å². The Labute approximate surface area is 208 Å². The molecule has 4 heterocycles. The van der Waals surface area contributed by atoms with E-state index >= 15 is 0 Å². The maximum Gasteiger partial charge on any atom is 0.151 e. The largest absolute Gasteiger partial charge is 0.483 e. The van der Waals surface area contributed by atoms with Crippen LogP contribution >= 0.6 is 0 Å². The monoisotopic (exact) mass is 514 g/mol. The summed E-state index contributed by atoms with van der Waals surface area (Å²) < 4.78 is 49.1. The molecule has 3 aromatic rings. The number of hydrogen-bond donors (Lipinski definition) is 2. The van der Waals surface area contributed by atoms with Crippen molar-refractivity contribution in [3.63, 3.8) is 0 Å². The van der Waals surface area contributed by atoms with E-state index in [1.807, 2.05) is 19.1 Å². The van der Waals surface area contributed by atoms with Gasteiger partial charge in [-0.2, -0.15) is 4.36 Å². The molecule has 1 aromatic heterocycles. The molecule has 2 N–H and O–H groups in total. The molecule has 2 aromatic carbocycles. The zero-order chi connectivity index (χ0) is 24.9. The molecule has 36 heavy (non-hydrogen) atoms. The molecule has 0 radical (unpaired) electrons. The molecule has 3 aliphatic rings. The molecule has 3 saturated heterocycles. The predicted octanol–water partition coefficient (Wildman–Crippen LogP) is 3.62. The Morgan fingerprint density at radius 1 is 1.14 bits per heavy atom. The molecule has 3 aliphatic heterocycles. The molecule has 4 atom stereocenters. The summed E-state index contributed by atoms with van der Waals surface area (Å²) in [4.78, 5) is 8.84. The number of aryl methyl sites for hydroxylation is 1. The van der Waals surface area contributed by atoms with Crippen LogP contribution in [0.1, 0.15) is 18.4 Å². The Bertz CT molecular complexity index is 1430. The van der Waals surface area contributed by atoms with Crippen LogP contribution in [0.25, 0.3) is 10.9 Å². The van der Waals surface area contributed by atoms with Crippen LogP contribution in [0.3, 0.4) is 0 Å². The first-order chi connectivity index (χ1) is 17.4. The Morgan fingerprint density at radius 2 is 1.94 bits per heavy atom. The van der Waals surface area contributed by atoms with Gasteiger partial charge in [-0.1, -0.05) is 0 Å². The van der Waals surface area contributed by atoms with Crippen molar-refractivity contribution in [2.45, 2.75) is 44.2 Å². The van der Waals surface area contributed by atoms with Gasteiger partial charge in [0.15, 0.2) is 6.10 Å². The number of halogens is 1. The molecule has 0 spiro atoms. The summed E-state index contributed by atoms with van der Waals surface area (Å²) in [6, 6.07) is 7.93. The third kappa shape index (κ3) is 4.40. The summed E-state index contributed by atoms with van der Waals surface area (Å²) in [5.41, 5.74) is 2.70. The normalized spacial score (nSPS) is 26.8. The lowest BCUT2D eigenvalue weighted by Crippen LogP contribution is -2.34. The molecule has 11 heteroatoms. The van der Waals surface area contributed by atoms with Crippen LogP contribution in [0, 0.1) is 12.7 Å². The maximum atomic E-state index is 14.2. The van der Waals surface area contributed by atoms with E-state index in [4.69, 9.17) is 14.2 Å². The average Bonchev–Trinajstić information content (AvgIpc) is 3.54. The first-order valence-electron chi connectivity index (χ1n) is 12.0. The standard InChI is InChI=1S/C25H27FN4O5S/c1-14-8-16(30-36(32)6-2-3-7-36)10-18-22(14)25(28-13-27-18)29-17-5-4-15(26)9-20(17)35-21-12-34-23-19(31)11-33-24(21)23/h4-5,8-10,13,19,21,23-24,31H,2-3,6-7,11-12H2,1H3,(H,27,28,29)/t19-,21+,23+,24+/m0/s1. The van der Waals surface area contributed by atoms with E-state index in [1.165, 1.54) is 18.5 Å². The number of ether oxygens (including phenoxy) is 3. The predicted molar refractivity (Wildman–Crippen MR) is 133 cm³/mol. The van der Waals surface area contributed by atoms with Crippen molar-refractivity contribution in [2.75, 3.05) is 30.0 Å². The SMILES string of the molecule is Cc1cc(N=S2(=O)CCCC2)cc2ncnc(Nc3ccc(F)cc3O[C@@H]3CO[C@H]4[C@@H]3OC[C@@H]4O)c12. The summed E-state index contributed by atoms with van der Waals surface area (Å²) in [6.07, 6.45) is 1.26. The second kappa shape index (κ2) is 9.22. The van der Waals surface area contributed by atoms with Crippen molar-refractivity contribution in [2.24, 2.45) is 4.36 Å². The molecule has 0 bridgehead atoms. The van der Waals surface area contributed by atoms with Gasteiger partial charge in [0.1, 0.15) is 42.0 Å². The lowest BCUT2D eigenvalue weighted by atomic mass is 10.1. The minimum absolute atomic E-state index is 0.179. The van der Waals surface area contributed by atoms with Gasteiger partial charge >= 0.3 is 0 Å². The highest BCUT2D eigenvalue weighted by atomic mass is 32.2. The molecule has 6 rings (SSSR count). The minimum atomic E-state index is -2.20. The second-order valence-electron chi connectivity index (χ2n) is 9.44. The number of anilines is 2. The van der Waals surface area contributed by atoms with Crippen molar-refractivity contribution < 1.29 is 27.9 Å². The summed E-state index contributed by atoms with van der Waals surface area (Å²) in [7, 11) is -2.20. The number of aliphatic hydroxyl groups is 1. The molecule has 3 fully saturated rings. The van der Waals surface area contributed by atoms with Crippen molar-refractivity contribution in [3.05, 3.63) is 48.0 Å². The highest BCUT2D eigenvalue weighted by molar-refractivity contribution is 7.93. The van der Waals surface area contributed by atoms with Crippen LogP contribution in [0.5, 0.6) is 5.75 Å². The number of benzene rings is 2. The molecule has 0 saturated carbocycles. The van der Waals surface area contributed by atoms with Gasteiger partial charge in [0, 0.05) is 23.0 Å². The number of rotatable bonds is 5. The number of fused-ring (bicyclic) bond motifs is 2. The van der Waals surface area contributed by atoms with Crippen LogP contribution in [0.2, 0.25) is 0 Å². The number of hydrogen-bond acceptors (Lipinski definition) is 9. The highest BCUT2D eigenvalue weighted by Crippen LogP contribution is 2.36. The van der Waals surface area contributed by atoms with Gasteiger partial charge in [-0.25, -0.2) is 18.6 Å². The quantitative estimate of drug-likeness (QED) is 0.531. The summed E-state index contributed by atoms with van der Waals surface area (Å²) in [5.74, 6) is 1.62. The van der Waals surface area contributed by atoms with Crippen molar-refractivity contribution in [1.29, 1.82) is 0 Å². The third-order valence-corrected chi connectivity index (χ3v) is 9.22. The van der Waals surface area contributed by atoms with E-state index in [9.17, 15) is 13.7 Å². The van der Waals surface area contributed by atoms with Gasteiger partial charge in [-0.15, -0.1) is 0 Å². The van der Waals surface area contributed by atoms with Crippen molar-refractivity contribution in [1.82, 2.24) is 9.97 Å². The van der Waals surface area contributed by atoms with Crippen LogP contribution in [-0.2, 0) is 19.2 Å². The van der Waals surface area contributed by atoms with Gasteiger partial charge in [0.25, 0.3) is 0 Å². The summed E-state index contributed by atoms with van der Waals surface area (Å²) in [6.45, 7) is 2.34. The van der Waals surface area contributed by atoms with Crippen LogP contribution in [-0.4, -0.2) is 68.4 Å². The Kier molecular flexibility index (Phi) is 6.03. The maximum absolute atomic E-state index is 14.2. The zero-order valence-electron chi connectivity index (χ0n) is 19.7. The van der Waals surface area contributed by atoms with Crippen LogP contribution in [0.15, 0.2) is 41.0 Å². The number of nitrogens with zero attached hydrogens (tertiary/aromatic N) is 3. The summed E-state index contributed by atoms with van der Waals surface area (Å²) >= 11 is 0. The summed E-state index contributed by atoms with van der Waals surface area (Å²) in [5, 5.41) is 14.0. The fraction of sp³-hybridized carbons (Fsp3) is 0.440. The molecule has 9 nitrogen and oxygen atoms in total. The van der Waals surface area contributed by atoms with E-state index in [0.29, 0.717) is 34.2 Å². The lowest BCUT2D eigenvalue weighted by Gasteiger charge is -2.21. The molecule has 0 aliphatic carbocycles. The van der Waals surface area contributed by atoms with Gasteiger partial charge in [-0.05, 0) is 49.6 Å². The van der Waals surface area contributed by atoms with Crippen molar-refractivity contribution >= 4 is 37.8 Å². The third-order valence-electron chi connectivity index (χ3n) is 6.83. The fourth-order valence-corrected chi connectivity index (χ4v) is 7.28. The molecule has 190 valence electrons. The Balaban J connectivity index is 1.32. The van der Waals surface area contributed by atoms with E-state index in [-0.39, 0.29) is 19.0 Å². The van der Waals surface area contributed by atoms with E-state index in [0.717, 1.165) is 23.8 Å². The minimum Gasteiger partial charge on any atom is -0.483 e.